The van der Waals surface area contributed by atoms with E-state index >= 15 is 0 Å². The summed E-state index contributed by atoms with van der Waals surface area (Å²) in [7, 11) is 0. The second-order valence-corrected chi connectivity index (χ2v) is 6.54. The summed E-state index contributed by atoms with van der Waals surface area (Å²) in [5.74, 6) is 0.773. The van der Waals surface area contributed by atoms with Crippen LogP contribution in [0.5, 0.6) is 0 Å². The Hall–Kier alpha value is -1.33. The lowest BCUT2D eigenvalue weighted by Gasteiger charge is -2.30. The number of anilines is 2. The molecule has 0 saturated carbocycles. The van der Waals surface area contributed by atoms with E-state index in [4.69, 9.17) is 5.73 Å². The van der Waals surface area contributed by atoms with Gasteiger partial charge in [-0.3, -0.25) is 0 Å². The van der Waals surface area contributed by atoms with Crippen LogP contribution >= 0.6 is 11.3 Å². The highest BCUT2D eigenvalue weighted by molar-refractivity contribution is 7.22. The molecule has 4 nitrogen and oxygen atoms in total. The number of piperidine rings is 1. The molecule has 0 unspecified atom stereocenters. The number of nitrogens with one attached hydrogen (secondary N) is 1. The van der Waals surface area contributed by atoms with E-state index in [2.05, 4.69) is 22.1 Å². The van der Waals surface area contributed by atoms with E-state index in [1.807, 2.05) is 18.2 Å². The molecule has 5 heteroatoms. The number of rotatable bonds is 4. The predicted octanol–water partition coefficient (Wildman–Crippen LogP) is 3.02. The van der Waals surface area contributed by atoms with Crippen molar-refractivity contribution in [3.05, 3.63) is 18.2 Å². The fraction of sp³-hybridized carbons (Fsp3) is 0.533. The lowest BCUT2D eigenvalue weighted by atomic mass is 9.97. The molecule has 0 spiro atoms. The molecule has 0 bridgehead atoms. The predicted molar refractivity (Wildman–Crippen MR) is 87.4 cm³/mol. The van der Waals surface area contributed by atoms with E-state index in [1.165, 1.54) is 32.5 Å². The first-order valence-corrected chi connectivity index (χ1v) is 8.18. The lowest BCUT2D eigenvalue weighted by Crippen LogP contribution is -2.35. The minimum atomic E-state index is 0.773. The highest BCUT2D eigenvalue weighted by Crippen LogP contribution is 2.28. The van der Waals surface area contributed by atoms with Gasteiger partial charge in [-0.25, -0.2) is 4.98 Å². The average molecular weight is 290 g/mol. The average Bonchev–Trinajstić information content (AvgIpc) is 2.87. The molecule has 0 radical (unpaired) electrons. The number of hydrogen-bond donors (Lipinski definition) is 2. The summed E-state index contributed by atoms with van der Waals surface area (Å²) in [6.45, 7) is 6.93. The molecular formula is C15H22N4S. The maximum atomic E-state index is 5.80. The van der Waals surface area contributed by atoms with Gasteiger partial charge in [-0.1, -0.05) is 18.3 Å². The van der Waals surface area contributed by atoms with Gasteiger partial charge < -0.3 is 16.0 Å². The zero-order valence-corrected chi connectivity index (χ0v) is 12.7. The maximum Gasteiger partial charge on any atom is 0.183 e. The van der Waals surface area contributed by atoms with E-state index in [-0.39, 0.29) is 0 Å². The summed E-state index contributed by atoms with van der Waals surface area (Å²) in [5, 5.41) is 4.52. The Morgan fingerprint density at radius 2 is 2.20 bits per heavy atom. The first kappa shape index (κ1) is 13.6. The molecule has 1 fully saturated rings. The van der Waals surface area contributed by atoms with E-state index < -0.39 is 0 Å². The van der Waals surface area contributed by atoms with Crippen molar-refractivity contribution in [1.29, 1.82) is 0 Å². The zero-order chi connectivity index (χ0) is 13.9. The molecule has 2 aromatic rings. The fourth-order valence-electron chi connectivity index (χ4n) is 2.76. The Morgan fingerprint density at radius 3 is 2.95 bits per heavy atom. The number of benzene rings is 1. The largest absolute Gasteiger partial charge is 0.399 e. The van der Waals surface area contributed by atoms with Crippen molar-refractivity contribution in [1.82, 2.24) is 9.88 Å². The van der Waals surface area contributed by atoms with Crippen LogP contribution in [0.15, 0.2) is 18.2 Å². The first-order chi connectivity index (χ1) is 9.74. The molecule has 1 aromatic heterocycles. The number of fused-ring (bicyclic) bond motifs is 1. The Morgan fingerprint density at radius 1 is 1.40 bits per heavy atom. The number of nitrogens with zero attached hydrogens (tertiary/aromatic N) is 2. The lowest BCUT2D eigenvalue weighted by molar-refractivity contribution is 0.198. The number of likely N-dealkylation sites (tertiary alicyclic amines) is 1. The topological polar surface area (TPSA) is 54.2 Å². The summed E-state index contributed by atoms with van der Waals surface area (Å²) in [4.78, 5) is 7.14. The van der Waals surface area contributed by atoms with Crippen molar-refractivity contribution >= 4 is 32.4 Å². The summed E-state index contributed by atoms with van der Waals surface area (Å²) >= 11 is 1.69. The third kappa shape index (κ3) is 3.04. The minimum Gasteiger partial charge on any atom is -0.399 e. The van der Waals surface area contributed by atoms with Crippen LogP contribution in [-0.4, -0.2) is 36.1 Å². The molecule has 1 aliphatic heterocycles. The zero-order valence-electron chi connectivity index (χ0n) is 11.9. The SMILES string of the molecule is CCN1CCC(CNc2nc3ccc(N)cc3s2)CC1. The second-order valence-electron chi connectivity index (χ2n) is 5.50. The van der Waals surface area contributed by atoms with Crippen LogP contribution in [0, 0.1) is 5.92 Å². The van der Waals surface area contributed by atoms with Gasteiger partial charge in [0.15, 0.2) is 5.13 Å². The normalized spacial score (nSPS) is 17.6. The molecule has 0 amide bonds. The Kier molecular flexibility index (Phi) is 4.08. The number of aromatic nitrogens is 1. The third-order valence-corrected chi connectivity index (χ3v) is 5.08. The number of hydrogen-bond acceptors (Lipinski definition) is 5. The molecule has 3 rings (SSSR count). The van der Waals surface area contributed by atoms with Crippen molar-refractivity contribution in [3.8, 4) is 0 Å². The summed E-state index contributed by atoms with van der Waals surface area (Å²) < 4.78 is 1.16. The Bertz CT molecular complexity index is 572. The molecule has 1 aromatic carbocycles. The fourth-order valence-corrected chi connectivity index (χ4v) is 3.68. The van der Waals surface area contributed by atoms with Crippen LogP contribution < -0.4 is 11.1 Å². The summed E-state index contributed by atoms with van der Waals surface area (Å²) in [6.07, 6.45) is 2.58. The molecule has 108 valence electrons. The van der Waals surface area contributed by atoms with Gasteiger partial charge in [0.1, 0.15) is 0 Å². The Balaban J connectivity index is 1.57. The molecule has 20 heavy (non-hydrogen) atoms. The van der Waals surface area contributed by atoms with Gasteiger partial charge >= 0.3 is 0 Å². The van der Waals surface area contributed by atoms with Crippen LogP contribution in [0.25, 0.3) is 10.2 Å². The van der Waals surface area contributed by atoms with Gasteiger partial charge in [-0.15, -0.1) is 0 Å². The van der Waals surface area contributed by atoms with Crippen LogP contribution in [0.4, 0.5) is 10.8 Å². The van der Waals surface area contributed by atoms with Crippen LogP contribution in [0.1, 0.15) is 19.8 Å². The van der Waals surface area contributed by atoms with Crippen molar-refractivity contribution < 1.29 is 0 Å². The number of nitrogens with two attached hydrogens (primary N) is 1. The van der Waals surface area contributed by atoms with E-state index in [1.54, 1.807) is 11.3 Å². The quantitative estimate of drug-likeness (QED) is 0.850. The molecular weight excluding hydrogens is 268 g/mol. The van der Waals surface area contributed by atoms with E-state index in [9.17, 15) is 0 Å². The first-order valence-electron chi connectivity index (χ1n) is 7.37. The van der Waals surface area contributed by atoms with Gasteiger partial charge in [0.2, 0.25) is 0 Å². The maximum absolute atomic E-state index is 5.80. The van der Waals surface area contributed by atoms with Crippen LogP contribution in [0.2, 0.25) is 0 Å². The number of thiazole rings is 1. The van der Waals surface area contributed by atoms with E-state index in [0.717, 1.165) is 33.5 Å². The highest BCUT2D eigenvalue weighted by atomic mass is 32.1. The molecule has 1 aliphatic rings. The van der Waals surface area contributed by atoms with Gasteiger partial charge in [-0.05, 0) is 56.6 Å². The van der Waals surface area contributed by atoms with Gasteiger partial charge in [0.25, 0.3) is 0 Å². The van der Waals surface area contributed by atoms with Gasteiger partial charge in [0, 0.05) is 12.2 Å². The molecule has 0 aliphatic carbocycles. The van der Waals surface area contributed by atoms with Crippen LogP contribution in [-0.2, 0) is 0 Å². The van der Waals surface area contributed by atoms with Gasteiger partial charge in [0.05, 0.1) is 10.2 Å². The van der Waals surface area contributed by atoms with Crippen molar-refractivity contribution in [3.63, 3.8) is 0 Å². The van der Waals surface area contributed by atoms with Gasteiger partial charge in [-0.2, -0.15) is 0 Å². The van der Waals surface area contributed by atoms with E-state index in [0.29, 0.717) is 0 Å². The number of nitrogen functional groups attached to an aromatic ring is 1. The molecule has 1 saturated heterocycles. The highest BCUT2D eigenvalue weighted by Gasteiger charge is 2.18. The van der Waals surface area contributed by atoms with Crippen molar-refractivity contribution in [2.75, 3.05) is 37.2 Å². The Labute approximate surface area is 124 Å². The molecule has 3 N–H and O–H groups in total. The third-order valence-electron chi connectivity index (χ3n) is 4.11. The monoisotopic (exact) mass is 290 g/mol. The second kappa shape index (κ2) is 5.97. The van der Waals surface area contributed by atoms with Crippen molar-refractivity contribution in [2.45, 2.75) is 19.8 Å². The molecule has 2 heterocycles. The van der Waals surface area contributed by atoms with Crippen LogP contribution in [0.3, 0.4) is 0 Å². The smallest absolute Gasteiger partial charge is 0.183 e. The summed E-state index contributed by atoms with van der Waals surface area (Å²) in [6, 6.07) is 5.90. The molecule has 0 atom stereocenters. The minimum absolute atomic E-state index is 0.773. The van der Waals surface area contributed by atoms with Crippen molar-refractivity contribution in [2.24, 2.45) is 5.92 Å². The summed E-state index contributed by atoms with van der Waals surface area (Å²) in [5.41, 5.74) is 7.64. The standard InChI is InChI=1S/C15H22N4S/c1-2-19-7-5-11(6-8-19)10-17-15-18-13-4-3-12(16)9-14(13)20-15/h3-4,9,11H,2,5-8,10,16H2,1H3,(H,17,18).